The Morgan fingerprint density at radius 3 is 2.95 bits per heavy atom. The highest BCUT2D eigenvalue weighted by atomic mass is 127. The lowest BCUT2D eigenvalue weighted by Crippen LogP contribution is -2.19. The van der Waals surface area contributed by atoms with Crippen LogP contribution in [0.4, 0.5) is 0 Å². The zero-order valence-corrected chi connectivity index (χ0v) is 15.7. The molecule has 9 heteroatoms. The van der Waals surface area contributed by atoms with Gasteiger partial charge in [0, 0.05) is 19.7 Å². The Morgan fingerprint density at radius 2 is 2.27 bits per heavy atom. The summed E-state index contributed by atoms with van der Waals surface area (Å²) in [5.41, 5.74) is 0.895. The lowest BCUT2D eigenvalue weighted by Gasteiger charge is -1.99. The molecule has 0 radical (unpaired) electrons. The maximum atomic E-state index is 11.6. The molecule has 0 spiro atoms. The summed E-state index contributed by atoms with van der Waals surface area (Å²) in [5, 5.41) is 10.7. The van der Waals surface area contributed by atoms with Crippen LogP contribution in [0.1, 0.15) is 5.56 Å². The number of methoxy groups -OCH3 is 1. The van der Waals surface area contributed by atoms with Crippen molar-refractivity contribution in [2.45, 2.75) is 0 Å². The second-order valence-corrected chi connectivity index (χ2v) is 6.92. The number of nitrogens with zero attached hydrogens (tertiary/aromatic N) is 2. The van der Waals surface area contributed by atoms with Crippen LogP contribution >= 0.6 is 50.3 Å². The van der Waals surface area contributed by atoms with Crippen molar-refractivity contribution < 1.29 is 14.3 Å². The van der Waals surface area contributed by atoms with Crippen molar-refractivity contribution in [3.63, 3.8) is 0 Å². The van der Waals surface area contributed by atoms with Crippen LogP contribution in [0.5, 0.6) is 0 Å². The average Bonchev–Trinajstić information content (AvgIpc) is 2.82. The van der Waals surface area contributed by atoms with Gasteiger partial charge < -0.3 is 4.74 Å². The van der Waals surface area contributed by atoms with Crippen LogP contribution in [0.3, 0.4) is 0 Å². The molecular weight excluding hydrogens is 485 g/mol. The fraction of sp³-hybridized carbons (Fsp3) is 0.0769. The second kappa shape index (κ2) is 7.88. The van der Waals surface area contributed by atoms with Gasteiger partial charge >= 0.3 is 5.97 Å². The number of benzene rings is 1. The van der Waals surface area contributed by atoms with Crippen molar-refractivity contribution in [2.24, 2.45) is 10.2 Å². The van der Waals surface area contributed by atoms with Gasteiger partial charge in [-0.2, -0.15) is 5.10 Å². The van der Waals surface area contributed by atoms with E-state index in [0.717, 1.165) is 31.4 Å². The lowest BCUT2D eigenvalue weighted by molar-refractivity contribution is -0.135. The number of ether oxygens (including phenoxy) is 1. The normalized spacial score (nSPS) is 18.2. The zero-order valence-electron chi connectivity index (χ0n) is 11.2. The molecular formula is C13H9BrIN3O3S. The van der Waals surface area contributed by atoms with E-state index in [4.69, 9.17) is 0 Å². The number of nitrogens with one attached hydrogen (secondary N) is 1. The van der Waals surface area contributed by atoms with Gasteiger partial charge in [-0.25, -0.2) is 4.79 Å². The summed E-state index contributed by atoms with van der Waals surface area (Å²) in [5.74, 6) is -0.995. The minimum absolute atomic E-state index is 0.219. The molecule has 2 rings (SSSR count). The van der Waals surface area contributed by atoms with E-state index in [1.807, 2.05) is 18.2 Å². The number of esters is 1. The third-order valence-corrected chi connectivity index (χ3v) is 4.97. The largest absolute Gasteiger partial charge is 0.466 e. The highest BCUT2D eigenvalue weighted by molar-refractivity contribution is 14.1. The molecule has 0 unspecified atom stereocenters. The van der Waals surface area contributed by atoms with Gasteiger partial charge in [-0.3, -0.25) is 10.1 Å². The summed E-state index contributed by atoms with van der Waals surface area (Å²) in [7, 11) is 1.25. The maximum Gasteiger partial charge on any atom is 0.331 e. The van der Waals surface area contributed by atoms with Gasteiger partial charge in [0.1, 0.15) is 0 Å². The van der Waals surface area contributed by atoms with Crippen LogP contribution in [-0.4, -0.2) is 30.4 Å². The molecule has 22 heavy (non-hydrogen) atoms. The van der Waals surface area contributed by atoms with Crippen molar-refractivity contribution in [3.8, 4) is 0 Å². The number of rotatable bonds is 3. The first kappa shape index (κ1) is 17.2. The van der Waals surface area contributed by atoms with Gasteiger partial charge in [-0.05, 0) is 46.5 Å². The van der Waals surface area contributed by atoms with Crippen molar-refractivity contribution in [3.05, 3.63) is 42.8 Å². The number of carbonyl (C=O) groups is 2. The molecule has 1 fully saturated rings. The molecule has 1 aliphatic heterocycles. The van der Waals surface area contributed by atoms with Gasteiger partial charge in [-0.15, -0.1) is 5.10 Å². The van der Waals surface area contributed by atoms with Crippen LogP contribution in [0, 0.1) is 3.57 Å². The van der Waals surface area contributed by atoms with Crippen LogP contribution < -0.4 is 5.32 Å². The predicted molar refractivity (Wildman–Crippen MR) is 97.7 cm³/mol. The molecule has 1 N–H and O–H groups in total. The molecule has 114 valence electrons. The maximum absolute atomic E-state index is 11.6. The van der Waals surface area contributed by atoms with Crippen molar-refractivity contribution >= 4 is 73.5 Å². The quantitative estimate of drug-likeness (QED) is 0.231. The molecule has 6 nitrogen and oxygen atoms in total. The van der Waals surface area contributed by atoms with E-state index >= 15 is 0 Å². The number of hydrogen-bond donors (Lipinski definition) is 1. The molecule has 1 aromatic carbocycles. The standard InChI is InChI=1S/C13H9BrIN3O3S/c1-21-11(19)5-10-12(20)17-13(22-10)18-16-6-7-8(14)3-2-4-9(7)15/h2-6H,1H3,(H,17,18,20)/b10-5+,16-6?. The Bertz CT molecular complexity index is 698. The monoisotopic (exact) mass is 493 g/mol. The predicted octanol–water partition coefficient (Wildman–Crippen LogP) is 2.66. The summed E-state index contributed by atoms with van der Waals surface area (Å²) < 4.78 is 6.40. The van der Waals surface area contributed by atoms with Crippen molar-refractivity contribution in [2.75, 3.05) is 7.11 Å². The number of thioether (sulfide) groups is 1. The van der Waals surface area contributed by atoms with Gasteiger partial charge in [0.05, 0.1) is 18.2 Å². The Kier molecular flexibility index (Phi) is 6.15. The van der Waals surface area contributed by atoms with Crippen LogP contribution in [0.2, 0.25) is 0 Å². The number of halogens is 2. The van der Waals surface area contributed by atoms with Gasteiger partial charge in [0.15, 0.2) is 5.17 Å². The summed E-state index contributed by atoms with van der Waals surface area (Å²) in [6, 6.07) is 5.77. The summed E-state index contributed by atoms with van der Waals surface area (Å²) >= 11 is 6.66. The van der Waals surface area contributed by atoms with Gasteiger partial charge in [0.25, 0.3) is 5.91 Å². The van der Waals surface area contributed by atoms with E-state index < -0.39 is 11.9 Å². The summed E-state index contributed by atoms with van der Waals surface area (Å²) in [4.78, 5) is 23.0. The molecule has 1 saturated heterocycles. The van der Waals surface area contributed by atoms with E-state index in [2.05, 4.69) is 58.8 Å². The number of amidine groups is 1. The van der Waals surface area contributed by atoms with Gasteiger partial charge in [-0.1, -0.05) is 22.0 Å². The van der Waals surface area contributed by atoms with Gasteiger partial charge in [0.2, 0.25) is 0 Å². The smallest absolute Gasteiger partial charge is 0.331 e. The van der Waals surface area contributed by atoms with Crippen LogP contribution in [0.15, 0.2) is 43.9 Å². The van der Waals surface area contributed by atoms with Crippen LogP contribution in [0.25, 0.3) is 0 Å². The molecule has 1 aromatic rings. The fourth-order valence-electron chi connectivity index (χ4n) is 1.41. The molecule has 1 amide bonds. The van der Waals surface area contributed by atoms with Crippen molar-refractivity contribution in [1.82, 2.24) is 5.32 Å². The van der Waals surface area contributed by atoms with Crippen molar-refractivity contribution in [1.29, 1.82) is 0 Å². The minimum Gasteiger partial charge on any atom is -0.466 e. The highest BCUT2D eigenvalue weighted by Crippen LogP contribution is 2.24. The first-order valence-corrected chi connectivity index (χ1v) is 8.54. The molecule has 0 atom stereocenters. The second-order valence-electron chi connectivity index (χ2n) is 3.87. The Hall–Kier alpha value is -1.20. The number of hydrogen-bond acceptors (Lipinski definition) is 6. The topological polar surface area (TPSA) is 80.1 Å². The van der Waals surface area contributed by atoms with E-state index in [1.54, 1.807) is 6.21 Å². The van der Waals surface area contributed by atoms with E-state index in [9.17, 15) is 9.59 Å². The molecule has 1 heterocycles. The Morgan fingerprint density at radius 1 is 1.50 bits per heavy atom. The number of carbonyl (C=O) groups excluding carboxylic acids is 2. The zero-order chi connectivity index (χ0) is 16.1. The molecule has 1 aliphatic rings. The Labute approximate surface area is 152 Å². The lowest BCUT2D eigenvalue weighted by atomic mass is 10.2. The van der Waals surface area contributed by atoms with E-state index in [1.165, 1.54) is 7.11 Å². The molecule has 0 aromatic heterocycles. The SMILES string of the molecule is COC(=O)/C=C1/S/C(=N\N=Cc2c(Br)cccc2I)NC1=O. The highest BCUT2D eigenvalue weighted by Gasteiger charge is 2.24. The molecule has 0 saturated carbocycles. The summed E-state index contributed by atoms with van der Waals surface area (Å²) in [6.45, 7) is 0. The fourth-order valence-corrected chi connectivity index (χ4v) is 3.63. The molecule has 0 aliphatic carbocycles. The third-order valence-electron chi connectivity index (χ3n) is 2.44. The summed E-state index contributed by atoms with van der Waals surface area (Å²) in [6.07, 6.45) is 2.70. The number of amides is 1. The Balaban J connectivity index is 2.12. The van der Waals surface area contributed by atoms with E-state index in [-0.39, 0.29) is 4.91 Å². The molecule has 0 bridgehead atoms. The van der Waals surface area contributed by atoms with Crippen LogP contribution in [-0.2, 0) is 14.3 Å². The minimum atomic E-state index is -0.592. The average molecular weight is 494 g/mol. The van der Waals surface area contributed by atoms with E-state index in [0.29, 0.717) is 5.17 Å². The third kappa shape index (κ3) is 4.40. The first-order chi connectivity index (χ1) is 10.5. The first-order valence-electron chi connectivity index (χ1n) is 5.85.